The SMILES string of the molecule is C#CCNC1CCN(C(=O)OC(C)(C)C)C(C)(C)C1. The molecule has 0 bridgehead atoms. The zero-order chi connectivity index (χ0) is 14.7. The summed E-state index contributed by atoms with van der Waals surface area (Å²) >= 11 is 0. The zero-order valence-electron chi connectivity index (χ0n) is 12.7. The lowest BCUT2D eigenvalue weighted by Crippen LogP contribution is -2.57. The van der Waals surface area contributed by atoms with Crippen molar-refractivity contribution in [3.63, 3.8) is 0 Å². The average molecular weight is 266 g/mol. The van der Waals surface area contributed by atoms with E-state index < -0.39 is 5.60 Å². The lowest BCUT2D eigenvalue weighted by Gasteiger charge is -2.45. The molecule has 0 aromatic carbocycles. The van der Waals surface area contributed by atoms with Gasteiger partial charge >= 0.3 is 6.09 Å². The molecule has 1 unspecified atom stereocenters. The molecule has 1 atom stereocenters. The Bertz CT molecular complexity index is 363. The molecular formula is C15H26N2O2. The second-order valence-corrected chi connectivity index (χ2v) is 6.72. The van der Waals surface area contributed by atoms with Gasteiger partial charge in [-0.05, 0) is 47.5 Å². The van der Waals surface area contributed by atoms with Gasteiger partial charge in [-0.15, -0.1) is 6.42 Å². The molecule has 1 fully saturated rings. The fourth-order valence-corrected chi connectivity index (χ4v) is 2.44. The number of carbonyl (C=O) groups is 1. The average Bonchev–Trinajstić information content (AvgIpc) is 2.22. The molecule has 0 saturated carbocycles. The van der Waals surface area contributed by atoms with Gasteiger partial charge in [-0.2, -0.15) is 0 Å². The van der Waals surface area contributed by atoms with E-state index in [4.69, 9.17) is 11.2 Å². The van der Waals surface area contributed by atoms with Crippen LogP contribution in [0, 0.1) is 12.3 Å². The van der Waals surface area contributed by atoms with Crippen molar-refractivity contribution in [3.05, 3.63) is 0 Å². The molecule has 1 aliphatic heterocycles. The summed E-state index contributed by atoms with van der Waals surface area (Å²) in [6, 6.07) is 0.365. The van der Waals surface area contributed by atoms with E-state index in [2.05, 4.69) is 25.1 Å². The third-order valence-corrected chi connectivity index (χ3v) is 3.28. The summed E-state index contributed by atoms with van der Waals surface area (Å²) < 4.78 is 5.46. The van der Waals surface area contributed by atoms with E-state index >= 15 is 0 Å². The molecule has 1 saturated heterocycles. The number of rotatable bonds is 2. The molecule has 0 radical (unpaired) electrons. The van der Waals surface area contributed by atoms with Crippen LogP contribution in [0.15, 0.2) is 0 Å². The summed E-state index contributed by atoms with van der Waals surface area (Å²) in [6.45, 7) is 11.1. The maximum atomic E-state index is 12.2. The van der Waals surface area contributed by atoms with Crippen LogP contribution in [0.1, 0.15) is 47.5 Å². The van der Waals surface area contributed by atoms with Crippen molar-refractivity contribution in [1.29, 1.82) is 0 Å². The summed E-state index contributed by atoms with van der Waals surface area (Å²) in [4.78, 5) is 14.0. The van der Waals surface area contributed by atoms with Crippen molar-refractivity contribution in [2.75, 3.05) is 13.1 Å². The van der Waals surface area contributed by atoms with Crippen LogP contribution < -0.4 is 5.32 Å². The standard InChI is InChI=1S/C15H26N2O2/c1-7-9-16-12-8-10-17(15(5,6)11-12)13(18)19-14(2,3)4/h1,12,16H,8-11H2,2-6H3. The number of ether oxygens (including phenoxy) is 1. The molecule has 4 nitrogen and oxygen atoms in total. The summed E-state index contributed by atoms with van der Waals surface area (Å²) in [5, 5.41) is 3.32. The molecule has 108 valence electrons. The van der Waals surface area contributed by atoms with Crippen molar-refractivity contribution >= 4 is 6.09 Å². The van der Waals surface area contributed by atoms with Crippen LogP contribution >= 0.6 is 0 Å². The van der Waals surface area contributed by atoms with Gasteiger partial charge in [0.05, 0.1) is 6.54 Å². The molecule has 1 N–H and O–H groups in total. The van der Waals surface area contributed by atoms with Crippen LogP contribution in [0.2, 0.25) is 0 Å². The van der Waals surface area contributed by atoms with Crippen LogP contribution in [-0.4, -0.2) is 41.3 Å². The first kappa shape index (κ1) is 15.8. The Morgan fingerprint density at radius 3 is 2.63 bits per heavy atom. The lowest BCUT2D eigenvalue weighted by molar-refractivity contribution is -0.0106. The molecule has 0 aromatic heterocycles. The second kappa shape index (κ2) is 5.83. The zero-order valence-corrected chi connectivity index (χ0v) is 12.7. The number of likely N-dealkylation sites (tertiary alicyclic amines) is 1. The highest BCUT2D eigenvalue weighted by atomic mass is 16.6. The van der Waals surface area contributed by atoms with Crippen LogP contribution in [0.4, 0.5) is 4.79 Å². The number of piperidine rings is 1. The highest BCUT2D eigenvalue weighted by Crippen LogP contribution is 2.29. The summed E-state index contributed by atoms with van der Waals surface area (Å²) in [7, 11) is 0. The van der Waals surface area contributed by atoms with E-state index in [1.54, 1.807) is 0 Å². The van der Waals surface area contributed by atoms with E-state index in [-0.39, 0.29) is 11.6 Å². The smallest absolute Gasteiger partial charge is 0.410 e. The van der Waals surface area contributed by atoms with Gasteiger partial charge in [-0.3, -0.25) is 0 Å². The van der Waals surface area contributed by atoms with Crippen molar-refractivity contribution in [1.82, 2.24) is 10.2 Å². The van der Waals surface area contributed by atoms with Gasteiger partial charge in [0.25, 0.3) is 0 Å². The quantitative estimate of drug-likeness (QED) is 0.780. The van der Waals surface area contributed by atoms with Gasteiger partial charge in [0.15, 0.2) is 0 Å². The van der Waals surface area contributed by atoms with Crippen molar-refractivity contribution in [2.45, 2.75) is 64.6 Å². The van der Waals surface area contributed by atoms with E-state index in [0.29, 0.717) is 19.1 Å². The van der Waals surface area contributed by atoms with Crippen LogP contribution in [0.25, 0.3) is 0 Å². The molecule has 1 rings (SSSR count). The molecule has 19 heavy (non-hydrogen) atoms. The first-order valence-corrected chi connectivity index (χ1v) is 6.83. The van der Waals surface area contributed by atoms with Crippen molar-refractivity contribution in [3.8, 4) is 12.3 Å². The minimum atomic E-state index is -0.453. The Labute approximate surface area is 116 Å². The summed E-state index contributed by atoms with van der Waals surface area (Å²) in [5.41, 5.74) is -0.668. The second-order valence-electron chi connectivity index (χ2n) is 6.72. The Morgan fingerprint density at radius 1 is 1.53 bits per heavy atom. The van der Waals surface area contributed by atoms with Crippen molar-refractivity contribution in [2.24, 2.45) is 0 Å². The number of nitrogens with zero attached hydrogens (tertiary/aromatic N) is 1. The molecule has 4 heteroatoms. The van der Waals surface area contributed by atoms with E-state index in [1.807, 2.05) is 25.7 Å². The molecule has 1 heterocycles. The minimum absolute atomic E-state index is 0.215. The molecular weight excluding hydrogens is 240 g/mol. The minimum Gasteiger partial charge on any atom is -0.444 e. The fraction of sp³-hybridized carbons (Fsp3) is 0.800. The van der Waals surface area contributed by atoms with Crippen molar-refractivity contribution < 1.29 is 9.53 Å². The summed E-state index contributed by atoms with van der Waals surface area (Å²) in [6.07, 6.45) is 6.82. The van der Waals surface area contributed by atoms with Crippen LogP contribution in [0.5, 0.6) is 0 Å². The normalized spacial score (nSPS) is 22.7. The van der Waals surface area contributed by atoms with Crippen LogP contribution in [-0.2, 0) is 4.74 Å². The Hall–Kier alpha value is -1.21. The maximum Gasteiger partial charge on any atom is 0.410 e. The Balaban J connectivity index is 2.63. The van der Waals surface area contributed by atoms with Gasteiger partial charge in [-0.1, -0.05) is 5.92 Å². The Morgan fingerprint density at radius 2 is 2.16 bits per heavy atom. The largest absolute Gasteiger partial charge is 0.444 e. The van der Waals surface area contributed by atoms with Gasteiger partial charge in [0.2, 0.25) is 0 Å². The highest BCUT2D eigenvalue weighted by molar-refractivity contribution is 5.69. The third kappa shape index (κ3) is 4.76. The number of nitrogens with one attached hydrogen (secondary N) is 1. The van der Waals surface area contributed by atoms with E-state index in [0.717, 1.165) is 12.8 Å². The lowest BCUT2D eigenvalue weighted by atomic mass is 9.87. The Kier molecular flexibility index (Phi) is 4.86. The van der Waals surface area contributed by atoms with E-state index in [9.17, 15) is 4.79 Å². The molecule has 0 aliphatic carbocycles. The monoisotopic (exact) mass is 266 g/mol. The molecule has 1 aliphatic rings. The van der Waals surface area contributed by atoms with Gasteiger partial charge in [0.1, 0.15) is 5.60 Å². The fourth-order valence-electron chi connectivity index (χ4n) is 2.44. The molecule has 0 spiro atoms. The topological polar surface area (TPSA) is 41.6 Å². The van der Waals surface area contributed by atoms with Gasteiger partial charge < -0.3 is 15.0 Å². The van der Waals surface area contributed by atoms with Gasteiger partial charge in [-0.25, -0.2) is 4.79 Å². The first-order chi connectivity index (χ1) is 8.65. The maximum absolute atomic E-state index is 12.2. The number of hydrogen-bond acceptors (Lipinski definition) is 3. The number of terminal acetylenes is 1. The number of carbonyl (C=O) groups excluding carboxylic acids is 1. The van der Waals surface area contributed by atoms with Crippen LogP contribution in [0.3, 0.4) is 0 Å². The number of hydrogen-bond donors (Lipinski definition) is 1. The first-order valence-electron chi connectivity index (χ1n) is 6.83. The predicted molar refractivity (Wildman–Crippen MR) is 76.9 cm³/mol. The third-order valence-electron chi connectivity index (χ3n) is 3.28. The summed E-state index contributed by atoms with van der Waals surface area (Å²) in [5.74, 6) is 2.59. The van der Waals surface area contributed by atoms with E-state index in [1.165, 1.54) is 0 Å². The number of amides is 1. The van der Waals surface area contributed by atoms with Gasteiger partial charge in [0, 0.05) is 18.1 Å². The molecule has 0 aromatic rings. The predicted octanol–water partition coefficient (Wildman–Crippen LogP) is 2.39. The molecule has 1 amide bonds. The highest BCUT2D eigenvalue weighted by Gasteiger charge is 2.39.